The lowest BCUT2D eigenvalue weighted by Crippen LogP contribution is -2.13. The van der Waals surface area contributed by atoms with E-state index in [1.54, 1.807) is 0 Å². The second-order valence-electron chi connectivity index (χ2n) is 6.03. The van der Waals surface area contributed by atoms with E-state index in [1.807, 2.05) is 6.92 Å². The molecule has 0 saturated heterocycles. The zero-order valence-corrected chi connectivity index (χ0v) is 15.6. The van der Waals surface area contributed by atoms with Gasteiger partial charge in [-0.3, -0.25) is 9.59 Å². The van der Waals surface area contributed by atoms with Crippen molar-refractivity contribution in [3.05, 3.63) is 59.4 Å². The number of benzene rings is 2. The summed E-state index contributed by atoms with van der Waals surface area (Å²) in [6, 6.07) is 9.27. The molecule has 6 nitrogen and oxygen atoms in total. The highest BCUT2D eigenvalue weighted by molar-refractivity contribution is 7.91. The maximum Gasteiger partial charge on any atom is 0.307 e. The number of aliphatic carboxylic acids is 1. The minimum atomic E-state index is -3.37. The number of hydrogen-bond donors (Lipinski definition) is 2. The molecule has 0 atom stereocenters. The largest absolute Gasteiger partial charge is 0.481 e. The van der Waals surface area contributed by atoms with Crippen LogP contribution >= 0.6 is 0 Å². The molecule has 0 aromatic heterocycles. The molecule has 0 unspecified atom stereocenters. The number of anilines is 1. The molecular formula is C19H20FNO5S. The van der Waals surface area contributed by atoms with Crippen LogP contribution in [0.15, 0.2) is 47.4 Å². The summed E-state index contributed by atoms with van der Waals surface area (Å²) in [6.45, 7) is 1.90. The number of sulfone groups is 1. The SMILES string of the molecule is CCCCS(=O)(=O)c1ccc(C(=O)Nc2ccc(CC(=O)O)c(F)c2)cc1. The van der Waals surface area contributed by atoms with Crippen molar-refractivity contribution in [3.63, 3.8) is 0 Å². The van der Waals surface area contributed by atoms with Gasteiger partial charge in [-0.05, 0) is 48.4 Å². The smallest absolute Gasteiger partial charge is 0.307 e. The van der Waals surface area contributed by atoms with Gasteiger partial charge < -0.3 is 10.4 Å². The van der Waals surface area contributed by atoms with Gasteiger partial charge in [-0.2, -0.15) is 0 Å². The number of carbonyl (C=O) groups is 2. The zero-order valence-electron chi connectivity index (χ0n) is 14.7. The molecule has 2 rings (SSSR count). The average Bonchev–Trinajstić information content (AvgIpc) is 2.62. The molecule has 0 heterocycles. The van der Waals surface area contributed by atoms with E-state index in [2.05, 4.69) is 5.32 Å². The topological polar surface area (TPSA) is 101 Å². The number of amides is 1. The Bertz CT molecular complexity index is 939. The molecule has 1 amide bonds. The third-order valence-corrected chi connectivity index (χ3v) is 5.71. The van der Waals surface area contributed by atoms with Crippen molar-refractivity contribution in [2.45, 2.75) is 31.1 Å². The normalized spacial score (nSPS) is 11.2. The number of rotatable bonds is 8. The number of nitrogens with one attached hydrogen (secondary N) is 1. The predicted molar refractivity (Wildman–Crippen MR) is 99.1 cm³/mol. The molecule has 0 spiro atoms. The molecule has 8 heteroatoms. The molecule has 27 heavy (non-hydrogen) atoms. The molecule has 2 aromatic carbocycles. The van der Waals surface area contributed by atoms with Crippen molar-refractivity contribution in [2.24, 2.45) is 0 Å². The lowest BCUT2D eigenvalue weighted by atomic mass is 10.1. The van der Waals surface area contributed by atoms with Gasteiger partial charge in [-0.15, -0.1) is 0 Å². The Morgan fingerprint density at radius 3 is 2.33 bits per heavy atom. The molecule has 0 saturated carbocycles. The van der Waals surface area contributed by atoms with Crippen molar-refractivity contribution in [1.82, 2.24) is 0 Å². The highest BCUT2D eigenvalue weighted by atomic mass is 32.2. The third-order valence-electron chi connectivity index (χ3n) is 3.89. The molecule has 0 bridgehead atoms. The lowest BCUT2D eigenvalue weighted by molar-refractivity contribution is -0.136. The fourth-order valence-electron chi connectivity index (χ4n) is 2.40. The van der Waals surface area contributed by atoms with E-state index >= 15 is 0 Å². The van der Waals surface area contributed by atoms with E-state index in [9.17, 15) is 22.4 Å². The molecule has 144 valence electrons. The van der Waals surface area contributed by atoms with Gasteiger partial charge in [0.2, 0.25) is 0 Å². The molecule has 0 aliphatic rings. The Labute approximate surface area is 157 Å². The fraction of sp³-hybridized carbons (Fsp3) is 0.263. The van der Waals surface area contributed by atoms with Gasteiger partial charge in [0.1, 0.15) is 5.82 Å². The van der Waals surface area contributed by atoms with Crippen molar-refractivity contribution >= 4 is 27.4 Å². The standard InChI is InChI=1S/C19H20FNO5S/c1-2-3-10-27(25,26)16-8-5-13(6-9-16)19(24)21-15-7-4-14(11-18(22)23)17(20)12-15/h4-9,12H,2-3,10-11H2,1H3,(H,21,24)(H,22,23). The summed E-state index contributed by atoms with van der Waals surface area (Å²) in [5, 5.41) is 11.2. The van der Waals surface area contributed by atoms with Crippen LogP contribution in [0.2, 0.25) is 0 Å². The number of carboxylic acid groups (broad SMARTS) is 1. The highest BCUT2D eigenvalue weighted by Crippen LogP contribution is 2.18. The van der Waals surface area contributed by atoms with Crippen molar-refractivity contribution in [2.75, 3.05) is 11.1 Å². The van der Waals surface area contributed by atoms with Crippen LogP contribution < -0.4 is 5.32 Å². The molecule has 0 aliphatic carbocycles. The minimum Gasteiger partial charge on any atom is -0.481 e. The Hall–Kier alpha value is -2.74. The first-order valence-electron chi connectivity index (χ1n) is 8.37. The average molecular weight is 393 g/mol. The van der Waals surface area contributed by atoms with Gasteiger partial charge in [0.25, 0.3) is 5.91 Å². The molecule has 0 aliphatic heterocycles. The van der Waals surface area contributed by atoms with Gasteiger partial charge in [0.05, 0.1) is 17.1 Å². The highest BCUT2D eigenvalue weighted by Gasteiger charge is 2.15. The van der Waals surface area contributed by atoms with Crippen LogP contribution in [0, 0.1) is 5.82 Å². The third kappa shape index (κ3) is 5.62. The summed E-state index contributed by atoms with van der Waals surface area (Å²) < 4.78 is 38.1. The Kier molecular flexibility index (Phi) is 6.68. The number of unbranched alkanes of at least 4 members (excludes halogenated alkanes) is 1. The second kappa shape index (κ2) is 8.77. The van der Waals surface area contributed by atoms with Gasteiger partial charge >= 0.3 is 5.97 Å². The van der Waals surface area contributed by atoms with Crippen molar-refractivity contribution < 1.29 is 27.5 Å². The van der Waals surface area contributed by atoms with Crippen LogP contribution in [-0.2, 0) is 21.1 Å². The second-order valence-corrected chi connectivity index (χ2v) is 8.14. The van der Waals surface area contributed by atoms with Crippen LogP contribution in [0.1, 0.15) is 35.7 Å². The molecular weight excluding hydrogens is 373 g/mol. The lowest BCUT2D eigenvalue weighted by Gasteiger charge is -2.08. The molecule has 2 N–H and O–H groups in total. The van der Waals surface area contributed by atoms with Gasteiger partial charge in [0, 0.05) is 11.3 Å². The first-order chi connectivity index (χ1) is 12.7. The predicted octanol–water partition coefficient (Wildman–Crippen LogP) is 3.28. The van der Waals surface area contributed by atoms with E-state index in [0.717, 1.165) is 12.5 Å². The van der Waals surface area contributed by atoms with E-state index in [1.165, 1.54) is 36.4 Å². The monoisotopic (exact) mass is 393 g/mol. The number of hydrogen-bond acceptors (Lipinski definition) is 4. The van der Waals surface area contributed by atoms with E-state index < -0.39 is 34.0 Å². The van der Waals surface area contributed by atoms with E-state index in [4.69, 9.17) is 5.11 Å². The maximum absolute atomic E-state index is 13.9. The summed E-state index contributed by atoms with van der Waals surface area (Å²) in [4.78, 5) is 23.0. The summed E-state index contributed by atoms with van der Waals surface area (Å²) >= 11 is 0. The fourth-order valence-corrected chi connectivity index (χ4v) is 3.86. The van der Waals surface area contributed by atoms with Gasteiger partial charge in [-0.25, -0.2) is 12.8 Å². The molecule has 2 aromatic rings. The summed E-state index contributed by atoms with van der Waals surface area (Å²) in [5.74, 6) is -2.36. The Balaban J connectivity index is 2.10. The van der Waals surface area contributed by atoms with Crippen molar-refractivity contribution in [1.29, 1.82) is 0 Å². The summed E-state index contributed by atoms with van der Waals surface area (Å²) in [5.41, 5.74) is 0.410. The number of carbonyl (C=O) groups excluding carboxylic acids is 1. The van der Waals surface area contributed by atoms with E-state index in [0.29, 0.717) is 6.42 Å². The molecule has 0 fully saturated rings. The first kappa shape index (κ1) is 20.6. The maximum atomic E-state index is 13.9. The van der Waals surface area contributed by atoms with Gasteiger partial charge in [0.15, 0.2) is 9.84 Å². The van der Waals surface area contributed by atoms with Gasteiger partial charge in [-0.1, -0.05) is 19.4 Å². The van der Waals surface area contributed by atoms with Crippen LogP contribution in [0.25, 0.3) is 0 Å². The molecule has 0 radical (unpaired) electrons. The van der Waals surface area contributed by atoms with Crippen LogP contribution in [0.5, 0.6) is 0 Å². The Morgan fingerprint density at radius 2 is 1.78 bits per heavy atom. The quantitative estimate of drug-likeness (QED) is 0.717. The Morgan fingerprint density at radius 1 is 1.11 bits per heavy atom. The van der Waals surface area contributed by atoms with Crippen LogP contribution in [0.3, 0.4) is 0 Å². The summed E-state index contributed by atoms with van der Waals surface area (Å²) in [7, 11) is -3.37. The number of carboxylic acids is 1. The van der Waals surface area contributed by atoms with Crippen LogP contribution in [0.4, 0.5) is 10.1 Å². The number of halogens is 1. The van der Waals surface area contributed by atoms with Crippen LogP contribution in [-0.4, -0.2) is 31.2 Å². The summed E-state index contributed by atoms with van der Waals surface area (Å²) in [6.07, 6.45) is 0.879. The van der Waals surface area contributed by atoms with E-state index in [-0.39, 0.29) is 27.5 Å². The van der Waals surface area contributed by atoms with Crippen molar-refractivity contribution in [3.8, 4) is 0 Å². The zero-order chi connectivity index (χ0) is 20.0. The first-order valence-corrected chi connectivity index (χ1v) is 10.0. The minimum absolute atomic E-state index is 0.0159.